The van der Waals surface area contributed by atoms with Gasteiger partial charge in [-0.05, 0) is 42.8 Å². The number of carbonyl (C=O) groups excluding carboxylic acids is 1. The van der Waals surface area contributed by atoms with Gasteiger partial charge in [0.1, 0.15) is 11.5 Å². The minimum absolute atomic E-state index is 0.168. The first-order valence-electron chi connectivity index (χ1n) is 8.89. The molecule has 0 saturated heterocycles. The quantitative estimate of drug-likeness (QED) is 0.556. The van der Waals surface area contributed by atoms with Gasteiger partial charge in [-0.2, -0.15) is 11.8 Å². The molecular formula is C19H26N2O5S2. The third kappa shape index (κ3) is 6.79. The Morgan fingerprint density at radius 1 is 1.29 bits per heavy atom. The molecule has 1 aromatic heterocycles. The van der Waals surface area contributed by atoms with Crippen LogP contribution in [-0.4, -0.2) is 46.0 Å². The summed E-state index contributed by atoms with van der Waals surface area (Å²) in [6.07, 6.45) is 2.71. The number of benzene rings is 1. The molecule has 28 heavy (non-hydrogen) atoms. The topological polar surface area (TPSA) is 88.8 Å². The minimum Gasteiger partial charge on any atom is -0.481 e. The third-order valence-electron chi connectivity index (χ3n) is 4.01. The average Bonchev–Trinajstić information content (AvgIpc) is 3.18. The fraction of sp³-hybridized carbons (Fsp3) is 0.421. The number of sulfonamides is 1. The zero-order valence-corrected chi connectivity index (χ0v) is 17.9. The van der Waals surface area contributed by atoms with Gasteiger partial charge < -0.3 is 14.5 Å². The smallest absolute Gasteiger partial charge is 0.261 e. The van der Waals surface area contributed by atoms with Crippen LogP contribution in [0.1, 0.15) is 19.1 Å². The number of thioether (sulfide) groups is 1. The highest BCUT2D eigenvalue weighted by Gasteiger charge is 2.18. The summed E-state index contributed by atoms with van der Waals surface area (Å²) in [7, 11) is -1.84. The standard InChI is InChI=1S/C19H26N2O5S2/c1-4-18(19(22)20-11-13-27-14-17-6-5-12-25-17)26-16-9-7-15(8-10-16)21(2)28(3,23)24/h5-10,12,18H,4,11,13-14H2,1-3H3,(H,20,22). The number of rotatable bonds is 11. The minimum atomic E-state index is -3.32. The number of anilines is 1. The second kappa shape index (κ2) is 10.4. The lowest BCUT2D eigenvalue weighted by Crippen LogP contribution is -2.39. The molecule has 0 spiro atoms. The maximum absolute atomic E-state index is 12.3. The van der Waals surface area contributed by atoms with Crippen LogP contribution < -0.4 is 14.4 Å². The average molecular weight is 427 g/mol. The Bertz CT molecular complexity index is 836. The Morgan fingerprint density at radius 3 is 2.57 bits per heavy atom. The van der Waals surface area contributed by atoms with E-state index >= 15 is 0 Å². The number of ether oxygens (including phenoxy) is 1. The van der Waals surface area contributed by atoms with Gasteiger partial charge in [0.05, 0.1) is 24.0 Å². The number of furan rings is 1. The van der Waals surface area contributed by atoms with Gasteiger partial charge in [-0.1, -0.05) is 6.92 Å². The Hall–Kier alpha value is -2.13. The molecule has 0 aliphatic carbocycles. The molecule has 0 bridgehead atoms. The fourth-order valence-corrected chi connectivity index (χ4v) is 3.60. The van der Waals surface area contributed by atoms with Gasteiger partial charge in [0.2, 0.25) is 10.0 Å². The van der Waals surface area contributed by atoms with E-state index in [2.05, 4.69) is 5.32 Å². The summed E-state index contributed by atoms with van der Waals surface area (Å²) in [4.78, 5) is 12.3. The van der Waals surface area contributed by atoms with Gasteiger partial charge in [0.25, 0.3) is 5.91 Å². The molecule has 154 valence electrons. The fourth-order valence-electron chi connectivity index (χ4n) is 2.34. The molecule has 0 radical (unpaired) electrons. The van der Waals surface area contributed by atoms with E-state index in [1.807, 2.05) is 19.1 Å². The molecule has 7 nitrogen and oxygen atoms in total. The lowest BCUT2D eigenvalue weighted by Gasteiger charge is -2.19. The predicted molar refractivity (Wildman–Crippen MR) is 112 cm³/mol. The molecular weight excluding hydrogens is 400 g/mol. The number of nitrogens with zero attached hydrogens (tertiary/aromatic N) is 1. The van der Waals surface area contributed by atoms with Crippen molar-refractivity contribution >= 4 is 33.4 Å². The van der Waals surface area contributed by atoms with Crippen LogP contribution in [-0.2, 0) is 20.6 Å². The molecule has 1 atom stereocenters. The highest BCUT2D eigenvalue weighted by Crippen LogP contribution is 2.21. The Labute approximate surface area is 170 Å². The Morgan fingerprint density at radius 2 is 2.00 bits per heavy atom. The van der Waals surface area contributed by atoms with E-state index in [4.69, 9.17) is 9.15 Å². The number of carbonyl (C=O) groups is 1. The summed E-state index contributed by atoms with van der Waals surface area (Å²) in [6.45, 7) is 2.42. The molecule has 1 amide bonds. The van der Waals surface area contributed by atoms with Crippen molar-refractivity contribution in [2.75, 3.05) is 29.9 Å². The van der Waals surface area contributed by atoms with Crippen molar-refractivity contribution in [2.24, 2.45) is 0 Å². The van der Waals surface area contributed by atoms with Crippen LogP contribution in [0.15, 0.2) is 47.1 Å². The van der Waals surface area contributed by atoms with E-state index in [9.17, 15) is 13.2 Å². The summed E-state index contributed by atoms with van der Waals surface area (Å²) >= 11 is 1.68. The van der Waals surface area contributed by atoms with Crippen LogP contribution in [0.3, 0.4) is 0 Å². The van der Waals surface area contributed by atoms with Gasteiger partial charge in [-0.3, -0.25) is 9.10 Å². The predicted octanol–water partition coefficient (Wildman–Crippen LogP) is 2.88. The molecule has 0 fully saturated rings. The van der Waals surface area contributed by atoms with Crippen molar-refractivity contribution in [3.8, 4) is 5.75 Å². The number of amides is 1. The van der Waals surface area contributed by atoms with Crippen molar-refractivity contribution in [3.63, 3.8) is 0 Å². The van der Waals surface area contributed by atoms with Crippen LogP contribution in [0.2, 0.25) is 0 Å². The second-order valence-electron chi connectivity index (χ2n) is 6.16. The van der Waals surface area contributed by atoms with Gasteiger partial charge >= 0.3 is 0 Å². The normalized spacial score (nSPS) is 12.4. The highest BCUT2D eigenvalue weighted by atomic mass is 32.2. The molecule has 1 heterocycles. The molecule has 0 saturated carbocycles. The van der Waals surface area contributed by atoms with Crippen LogP contribution in [0, 0.1) is 0 Å². The van der Waals surface area contributed by atoms with E-state index < -0.39 is 16.1 Å². The largest absolute Gasteiger partial charge is 0.481 e. The molecule has 0 aliphatic rings. The summed E-state index contributed by atoms with van der Waals surface area (Å²) in [5, 5.41) is 2.88. The van der Waals surface area contributed by atoms with Gasteiger partial charge in [-0.15, -0.1) is 0 Å². The molecule has 0 aliphatic heterocycles. The molecule has 2 rings (SSSR count). The Balaban J connectivity index is 1.79. The Kier molecular flexibility index (Phi) is 8.25. The lowest BCUT2D eigenvalue weighted by atomic mass is 10.2. The number of hydrogen-bond donors (Lipinski definition) is 1. The van der Waals surface area contributed by atoms with Crippen LogP contribution in [0.4, 0.5) is 5.69 Å². The SMILES string of the molecule is CCC(Oc1ccc(N(C)S(C)(=O)=O)cc1)C(=O)NCCSCc1ccco1. The zero-order valence-electron chi connectivity index (χ0n) is 16.3. The lowest BCUT2D eigenvalue weighted by molar-refractivity contribution is -0.127. The second-order valence-corrected chi connectivity index (χ2v) is 9.28. The summed E-state index contributed by atoms with van der Waals surface area (Å²) in [5.74, 6) is 2.80. The van der Waals surface area contributed by atoms with Crippen LogP contribution in [0.5, 0.6) is 5.75 Å². The summed E-state index contributed by atoms with van der Waals surface area (Å²) in [5.41, 5.74) is 0.529. The van der Waals surface area contributed by atoms with E-state index in [-0.39, 0.29) is 5.91 Å². The molecule has 1 N–H and O–H groups in total. The van der Waals surface area contributed by atoms with Gasteiger partial charge in [-0.25, -0.2) is 8.42 Å². The number of hydrogen-bond acceptors (Lipinski definition) is 6. The van der Waals surface area contributed by atoms with E-state index in [1.54, 1.807) is 42.3 Å². The van der Waals surface area contributed by atoms with Crippen molar-refractivity contribution in [3.05, 3.63) is 48.4 Å². The molecule has 9 heteroatoms. The number of nitrogens with one attached hydrogen (secondary N) is 1. The molecule has 2 aromatic rings. The van der Waals surface area contributed by atoms with Gasteiger partial charge in [0.15, 0.2) is 6.10 Å². The zero-order chi connectivity index (χ0) is 20.6. The van der Waals surface area contributed by atoms with Crippen molar-refractivity contribution in [1.29, 1.82) is 0 Å². The van der Waals surface area contributed by atoms with E-state index in [1.165, 1.54) is 11.4 Å². The van der Waals surface area contributed by atoms with E-state index in [0.717, 1.165) is 23.5 Å². The monoisotopic (exact) mass is 426 g/mol. The first kappa shape index (κ1) is 22.2. The first-order chi connectivity index (χ1) is 13.3. The highest BCUT2D eigenvalue weighted by molar-refractivity contribution is 7.98. The molecule has 1 unspecified atom stereocenters. The maximum atomic E-state index is 12.3. The van der Waals surface area contributed by atoms with Crippen molar-refractivity contribution < 1.29 is 22.4 Å². The van der Waals surface area contributed by atoms with Crippen LogP contribution in [0.25, 0.3) is 0 Å². The third-order valence-corrected chi connectivity index (χ3v) is 6.20. The van der Waals surface area contributed by atoms with E-state index in [0.29, 0.717) is 24.4 Å². The molecule has 1 aromatic carbocycles. The van der Waals surface area contributed by atoms with Gasteiger partial charge in [0, 0.05) is 19.3 Å². The maximum Gasteiger partial charge on any atom is 0.261 e. The van der Waals surface area contributed by atoms with Crippen molar-refractivity contribution in [1.82, 2.24) is 5.32 Å². The van der Waals surface area contributed by atoms with Crippen LogP contribution >= 0.6 is 11.8 Å². The van der Waals surface area contributed by atoms with Crippen molar-refractivity contribution in [2.45, 2.75) is 25.2 Å². The summed E-state index contributed by atoms with van der Waals surface area (Å²) in [6, 6.07) is 10.4. The first-order valence-corrected chi connectivity index (χ1v) is 11.9. The summed E-state index contributed by atoms with van der Waals surface area (Å²) < 4.78 is 35.4.